The molecule has 0 aromatic heterocycles. The molecular formula is C11H19BrOS. The Morgan fingerprint density at radius 2 is 2.00 bits per heavy atom. The molecule has 3 heteroatoms. The molecule has 0 aromatic rings. The topological polar surface area (TPSA) is 17.1 Å². The summed E-state index contributed by atoms with van der Waals surface area (Å²) >= 11 is 4.69. The molecule has 0 amide bonds. The third-order valence-electron chi connectivity index (χ3n) is 1.15. The van der Waals surface area contributed by atoms with E-state index in [1.807, 2.05) is 6.26 Å². The van der Waals surface area contributed by atoms with E-state index in [9.17, 15) is 4.79 Å². The fraction of sp³-hybridized carbons (Fsp3) is 0.545. The molecule has 0 N–H and O–H groups in total. The van der Waals surface area contributed by atoms with E-state index in [0.29, 0.717) is 12.0 Å². The molecule has 1 nitrogen and oxygen atoms in total. The number of carbonyl (C=O) groups excluding carboxylic acids is 1. The number of Topliss-reactive ketones (excluding diaryl/α,β-unsaturated/α-hetero) is 1. The molecule has 1 unspecified atom stereocenters. The summed E-state index contributed by atoms with van der Waals surface area (Å²) in [5.74, 6) is 0.0531. The number of allylic oxidation sites excluding steroid dienone is 2. The first-order valence-corrected chi connectivity index (χ1v) is 6.75. The van der Waals surface area contributed by atoms with Crippen LogP contribution in [0.3, 0.4) is 0 Å². The van der Waals surface area contributed by atoms with Crippen molar-refractivity contribution < 1.29 is 4.79 Å². The van der Waals surface area contributed by atoms with Gasteiger partial charge in [-0.1, -0.05) is 48.9 Å². The Morgan fingerprint density at radius 3 is 2.29 bits per heavy atom. The zero-order valence-corrected chi connectivity index (χ0v) is 11.6. The number of carbonyl (C=O) groups is 1. The number of halogens is 1. The molecule has 0 saturated carbocycles. The van der Waals surface area contributed by atoms with Gasteiger partial charge >= 0.3 is 0 Å². The van der Waals surface area contributed by atoms with Crippen LogP contribution in [0.2, 0.25) is 0 Å². The van der Waals surface area contributed by atoms with Gasteiger partial charge in [0.2, 0.25) is 0 Å². The molecule has 0 heterocycles. The predicted octanol–water partition coefficient (Wildman–Crippen LogP) is 4.19. The summed E-state index contributed by atoms with van der Waals surface area (Å²) in [6.45, 7) is 11.4. The van der Waals surface area contributed by atoms with E-state index in [4.69, 9.17) is 0 Å². The fourth-order valence-corrected chi connectivity index (χ4v) is 1.25. The lowest BCUT2D eigenvalue weighted by molar-refractivity contribution is -0.113. The van der Waals surface area contributed by atoms with Crippen LogP contribution in [0.1, 0.15) is 26.7 Å². The van der Waals surface area contributed by atoms with Gasteiger partial charge < -0.3 is 0 Å². The first-order valence-electron chi connectivity index (χ1n) is 4.54. The van der Waals surface area contributed by atoms with Gasteiger partial charge in [0, 0.05) is 0 Å². The molecule has 0 saturated heterocycles. The van der Waals surface area contributed by atoms with Crippen molar-refractivity contribution in [2.45, 2.75) is 30.8 Å². The molecule has 0 fully saturated rings. The highest BCUT2D eigenvalue weighted by atomic mass is 79.9. The van der Waals surface area contributed by atoms with Crippen molar-refractivity contribution in [2.75, 3.05) is 6.26 Å². The summed E-state index contributed by atoms with van der Waals surface area (Å²) in [7, 11) is 0. The van der Waals surface area contributed by atoms with Crippen LogP contribution >= 0.6 is 27.7 Å². The van der Waals surface area contributed by atoms with Gasteiger partial charge in [-0.25, -0.2) is 0 Å². The Morgan fingerprint density at radius 1 is 1.57 bits per heavy atom. The molecule has 0 spiro atoms. The lowest BCUT2D eigenvalue weighted by Gasteiger charge is -2.05. The van der Waals surface area contributed by atoms with E-state index in [-0.39, 0.29) is 9.94 Å². The lowest BCUT2D eigenvalue weighted by atomic mass is 10.1. The Labute approximate surface area is 100 Å². The monoisotopic (exact) mass is 278 g/mol. The molecule has 0 aliphatic heterocycles. The molecular weight excluding hydrogens is 260 g/mol. The normalized spacial score (nSPS) is 10.9. The van der Waals surface area contributed by atoms with Crippen LogP contribution in [0.5, 0.6) is 0 Å². The van der Waals surface area contributed by atoms with E-state index in [2.05, 4.69) is 42.9 Å². The van der Waals surface area contributed by atoms with Crippen LogP contribution in [0, 0.1) is 0 Å². The second-order valence-electron chi connectivity index (χ2n) is 2.72. The van der Waals surface area contributed by atoms with Gasteiger partial charge in [0.1, 0.15) is 4.16 Å². The molecule has 82 valence electrons. The van der Waals surface area contributed by atoms with E-state index in [1.54, 1.807) is 6.08 Å². The van der Waals surface area contributed by atoms with Crippen molar-refractivity contribution in [3.05, 3.63) is 24.8 Å². The summed E-state index contributed by atoms with van der Waals surface area (Å²) in [4.78, 5) is 11.2. The highest BCUT2D eigenvalue weighted by molar-refractivity contribution is 9.11. The van der Waals surface area contributed by atoms with Crippen molar-refractivity contribution in [2.24, 2.45) is 0 Å². The molecule has 0 aliphatic carbocycles. The second-order valence-corrected chi connectivity index (χ2v) is 5.18. The van der Waals surface area contributed by atoms with Gasteiger partial charge in [-0.05, 0) is 18.2 Å². The highest BCUT2D eigenvalue weighted by Crippen LogP contribution is 2.19. The maximum atomic E-state index is 11.2. The maximum absolute atomic E-state index is 11.2. The number of alkyl halides is 1. The molecule has 0 aromatic carbocycles. The number of hydrogen-bond donors (Lipinski definition) is 0. The van der Waals surface area contributed by atoms with Gasteiger partial charge in [-0.3, -0.25) is 4.79 Å². The smallest absolute Gasteiger partial charge is 0.182 e. The standard InChI is InChI=1S/C8H11BrOS.C3H8/c1-4-5-6(2)7(10)8(9)11-3;1-3-2/h4,8H,1-2,5H2,3H3;3H2,1-2H3. The minimum Gasteiger partial charge on any atom is -0.292 e. The molecule has 0 bridgehead atoms. The van der Waals surface area contributed by atoms with Crippen LogP contribution in [0.4, 0.5) is 0 Å². The summed E-state index contributed by atoms with van der Waals surface area (Å²) in [5, 5.41) is 0. The first-order chi connectivity index (χ1) is 6.54. The first kappa shape index (κ1) is 16.4. The third kappa shape index (κ3) is 8.57. The van der Waals surface area contributed by atoms with Crippen molar-refractivity contribution in [1.82, 2.24) is 0 Å². The van der Waals surface area contributed by atoms with Crippen LogP contribution < -0.4 is 0 Å². The molecule has 0 aliphatic rings. The Bertz CT molecular complexity index is 190. The van der Waals surface area contributed by atoms with E-state index in [1.165, 1.54) is 18.2 Å². The van der Waals surface area contributed by atoms with Crippen molar-refractivity contribution in [1.29, 1.82) is 0 Å². The van der Waals surface area contributed by atoms with Gasteiger partial charge in [0.05, 0.1) is 0 Å². The summed E-state index contributed by atoms with van der Waals surface area (Å²) in [5.41, 5.74) is 0.608. The Balaban J connectivity index is 0. The average Bonchev–Trinajstić information content (AvgIpc) is 2.17. The van der Waals surface area contributed by atoms with Crippen molar-refractivity contribution in [3.8, 4) is 0 Å². The maximum Gasteiger partial charge on any atom is 0.182 e. The second kappa shape index (κ2) is 11.1. The fourth-order valence-electron chi connectivity index (χ4n) is 0.542. The lowest BCUT2D eigenvalue weighted by Crippen LogP contribution is -2.11. The number of hydrogen-bond acceptors (Lipinski definition) is 2. The summed E-state index contributed by atoms with van der Waals surface area (Å²) in [6.07, 6.45) is 5.38. The zero-order chi connectivity index (χ0) is 11.6. The van der Waals surface area contributed by atoms with Crippen LogP contribution in [0.15, 0.2) is 24.8 Å². The van der Waals surface area contributed by atoms with Crippen molar-refractivity contribution >= 4 is 33.5 Å². The van der Waals surface area contributed by atoms with E-state index < -0.39 is 0 Å². The van der Waals surface area contributed by atoms with Gasteiger partial charge in [0.15, 0.2) is 5.78 Å². The SMILES string of the molecule is C=CCC(=C)C(=O)C(Br)SC.CCC. The highest BCUT2D eigenvalue weighted by Gasteiger charge is 2.14. The van der Waals surface area contributed by atoms with Crippen LogP contribution in [0.25, 0.3) is 0 Å². The van der Waals surface area contributed by atoms with Crippen LogP contribution in [-0.2, 0) is 4.79 Å². The average molecular weight is 279 g/mol. The summed E-state index contributed by atoms with van der Waals surface area (Å²) < 4.78 is -0.157. The number of ketones is 1. The van der Waals surface area contributed by atoms with Gasteiger partial charge in [-0.15, -0.1) is 18.3 Å². The minimum absolute atomic E-state index is 0.0531. The van der Waals surface area contributed by atoms with E-state index in [0.717, 1.165) is 0 Å². The van der Waals surface area contributed by atoms with Gasteiger partial charge in [-0.2, -0.15) is 0 Å². The van der Waals surface area contributed by atoms with Gasteiger partial charge in [0.25, 0.3) is 0 Å². The van der Waals surface area contributed by atoms with Crippen LogP contribution in [-0.4, -0.2) is 16.2 Å². The molecule has 14 heavy (non-hydrogen) atoms. The zero-order valence-electron chi connectivity index (χ0n) is 9.18. The molecule has 0 radical (unpaired) electrons. The predicted molar refractivity (Wildman–Crippen MR) is 71.2 cm³/mol. The third-order valence-corrected chi connectivity index (χ3v) is 3.32. The largest absolute Gasteiger partial charge is 0.292 e. The van der Waals surface area contributed by atoms with Crippen molar-refractivity contribution in [3.63, 3.8) is 0 Å². The quantitative estimate of drug-likeness (QED) is 0.426. The Kier molecular flexibility index (Phi) is 13.0. The molecule has 0 rings (SSSR count). The van der Waals surface area contributed by atoms with E-state index >= 15 is 0 Å². The molecule has 1 atom stereocenters. The number of rotatable bonds is 5. The Hall–Kier alpha value is -0.0200. The minimum atomic E-state index is -0.157. The number of thioether (sulfide) groups is 1. The summed E-state index contributed by atoms with van der Waals surface area (Å²) in [6, 6.07) is 0.